The van der Waals surface area contributed by atoms with Gasteiger partial charge >= 0.3 is 0 Å². The van der Waals surface area contributed by atoms with Crippen molar-refractivity contribution in [1.82, 2.24) is 10.2 Å². The molecule has 4 aromatic rings. The number of fused-ring (bicyclic) bond motifs is 4. The molecule has 10 heteroatoms. The summed E-state index contributed by atoms with van der Waals surface area (Å²) in [6.07, 6.45) is 4.68. The molecule has 0 aliphatic heterocycles. The van der Waals surface area contributed by atoms with Crippen molar-refractivity contribution in [2.75, 3.05) is 30.8 Å². The summed E-state index contributed by atoms with van der Waals surface area (Å²) in [4.78, 5) is 87.6. The molecule has 0 saturated heterocycles. The Morgan fingerprint density at radius 2 is 0.935 bits per heavy atom. The molecule has 0 atom stereocenters. The molecule has 0 fully saturated rings. The van der Waals surface area contributed by atoms with Crippen LogP contribution in [0.25, 0.3) is 11.1 Å². The van der Waals surface area contributed by atoms with E-state index in [0.29, 0.717) is 0 Å². The van der Waals surface area contributed by atoms with Gasteiger partial charge in [0.1, 0.15) is 0 Å². The van der Waals surface area contributed by atoms with Crippen molar-refractivity contribution in [2.24, 2.45) is 10.8 Å². The molecule has 2 aliphatic carbocycles. The summed E-state index contributed by atoms with van der Waals surface area (Å²) in [6.45, 7) is 21.5. The lowest BCUT2D eigenvalue weighted by atomic mass is 9.75. The lowest BCUT2D eigenvalue weighted by Gasteiger charge is -2.38. The van der Waals surface area contributed by atoms with Gasteiger partial charge in [-0.25, -0.2) is 0 Å². The number of nitrogens with zero attached hydrogens (tertiary/aromatic N) is 1. The van der Waals surface area contributed by atoms with Gasteiger partial charge in [0.05, 0.1) is 35.6 Å². The van der Waals surface area contributed by atoms with Crippen LogP contribution in [0.3, 0.4) is 0 Å². The maximum Gasteiger partial charge on any atom is 0.238 e. The largest absolute Gasteiger partial charge is 0.324 e. The zero-order valence-electron chi connectivity index (χ0n) is 38.3. The number of hydrogen-bond donors (Lipinski definition) is 3. The van der Waals surface area contributed by atoms with Gasteiger partial charge in [-0.05, 0) is 94.5 Å². The first kappa shape index (κ1) is 45.9. The molecule has 62 heavy (non-hydrogen) atoms. The number of likely N-dealkylation sites (N-methyl/N-ethyl adjacent to an activating group) is 1. The number of rotatable bonds is 15. The topological polar surface area (TPSA) is 142 Å². The Bertz CT molecular complexity index is 2490. The zero-order chi connectivity index (χ0) is 45.5. The van der Waals surface area contributed by atoms with Crippen molar-refractivity contribution in [3.8, 4) is 11.1 Å². The highest BCUT2D eigenvalue weighted by Crippen LogP contribution is 2.44. The summed E-state index contributed by atoms with van der Waals surface area (Å²) >= 11 is 0. The molecule has 0 unspecified atom stereocenters. The second kappa shape index (κ2) is 17.3. The Labute approximate surface area is 366 Å². The van der Waals surface area contributed by atoms with Crippen molar-refractivity contribution in [3.63, 3.8) is 0 Å². The molecule has 6 rings (SSSR count). The van der Waals surface area contributed by atoms with Crippen molar-refractivity contribution < 1.29 is 28.8 Å². The molecule has 10 nitrogen and oxygen atoms in total. The van der Waals surface area contributed by atoms with E-state index in [9.17, 15) is 28.8 Å². The Balaban J connectivity index is 1.41. The van der Waals surface area contributed by atoms with E-state index in [-0.39, 0.29) is 108 Å². The van der Waals surface area contributed by atoms with Gasteiger partial charge in [0.2, 0.25) is 11.8 Å². The minimum Gasteiger partial charge on any atom is -0.324 e. The number of ketones is 4. The van der Waals surface area contributed by atoms with Gasteiger partial charge in [0, 0.05) is 44.5 Å². The van der Waals surface area contributed by atoms with E-state index in [0.717, 1.165) is 32.1 Å². The van der Waals surface area contributed by atoms with Crippen LogP contribution in [0.2, 0.25) is 0 Å². The fourth-order valence-corrected chi connectivity index (χ4v) is 8.02. The monoisotopic (exact) mass is 838 g/mol. The molecule has 2 aliphatic rings. The van der Waals surface area contributed by atoms with E-state index in [2.05, 4.69) is 71.3 Å². The highest BCUT2D eigenvalue weighted by molar-refractivity contribution is 6.35. The minimum atomic E-state index is -0.461. The number of amides is 2. The maximum absolute atomic E-state index is 14.7. The first-order chi connectivity index (χ1) is 28.9. The average molecular weight is 839 g/mol. The van der Waals surface area contributed by atoms with Crippen LogP contribution in [0.5, 0.6) is 0 Å². The van der Waals surface area contributed by atoms with Crippen molar-refractivity contribution in [1.29, 1.82) is 0 Å². The lowest BCUT2D eigenvalue weighted by molar-refractivity contribution is -0.118. The highest BCUT2D eigenvalue weighted by Gasteiger charge is 2.39. The van der Waals surface area contributed by atoms with Crippen LogP contribution in [-0.2, 0) is 9.59 Å². The normalized spacial score (nSPS) is 14.0. The van der Waals surface area contributed by atoms with Crippen molar-refractivity contribution in [3.05, 3.63) is 117 Å². The Kier molecular flexibility index (Phi) is 12.8. The summed E-state index contributed by atoms with van der Waals surface area (Å²) in [5.41, 5.74) is 1.28. The quantitative estimate of drug-likeness (QED) is 0.0929. The summed E-state index contributed by atoms with van der Waals surface area (Å²) in [5.74, 6) is -2.58. The number of anilines is 2. The van der Waals surface area contributed by atoms with E-state index in [1.165, 1.54) is 0 Å². The van der Waals surface area contributed by atoms with Crippen molar-refractivity contribution in [2.45, 2.75) is 112 Å². The second-order valence-corrected chi connectivity index (χ2v) is 20.3. The minimum absolute atomic E-state index is 0.000586. The molecule has 3 N–H and O–H groups in total. The van der Waals surface area contributed by atoms with Crippen LogP contribution in [0.4, 0.5) is 11.4 Å². The third-order valence-corrected chi connectivity index (χ3v) is 13.0. The predicted octanol–water partition coefficient (Wildman–Crippen LogP) is 9.90. The first-order valence-electron chi connectivity index (χ1n) is 21.7. The molecule has 326 valence electrons. The number of carbonyl (C=O) groups is 6. The van der Waals surface area contributed by atoms with E-state index >= 15 is 0 Å². The zero-order valence-corrected chi connectivity index (χ0v) is 38.3. The molecule has 2 amide bonds. The van der Waals surface area contributed by atoms with Crippen LogP contribution in [-0.4, -0.2) is 71.1 Å². The average Bonchev–Trinajstić information content (AvgIpc) is 3.22. The molecule has 0 bridgehead atoms. The van der Waals surface area contributed by atoms with E-state index in [1.54, 1.807) is 72.8 Å². The molecule has 0 spiro atoms. The van der Waals surface area contributed by atoms with Gasteiger partial charge in [-0.2, -0.15) is 0 Å². The summed E-state index contributed by atoms with van der Waals surface area (Å²) in [7, 11) is 1.90. The molecule has 0 saturated carbocycles. The number of nitrogens with one attached hydrogen (secondary N) is 3. The smallest absolute Gasteiger partial charge is 0.238 e. The third kappa shape index (κ3) is 9.57. The van der Waals surface area contributed by atoms with Gasteiger partial charge in [0.25, 0.3) is 0 Å². The lowest BCUT2D eigenvalue weighted by Crippen LogP contribution is -2.45. The molecule has 4 aromatic carbocycles. The standard InChI is InChI=1S/C52H62N4O6/c1-12-50(5,6)26-28-52(9,10)56(11)30-40(58)55-38-24-22-32(42-44(38)48(62)36-20-16-14-18-34(36)46(42)60)31-21-23-37(54-39(57)29-53-51(7,8)27-25-49(2,3)4)43-41(31)45(59)33-17-13-15-19-35(33)47(43)61/h13-24,53H,12,25-30H2,1-11H3,(H,54,57)(H,55,58). The van der Waals surface area contributed by atoms with Gasteiger partial charge < -0.3 is 16.0 Å². The Hall–Kier alpha value is -5.58. The van der Waals surface area contributed by atoms with E-state index < -0.39 is 29.0 Å². The van der Waals surface area contributed by atoms with Crippen LogP contribution in [0, 0.1) is 10.8 Å². The summed E-state index contributed by atoms with van der Waals surface area (Å²) in [5, 5.41) is 9.18. The molecular weight excluding hydrogens is 777 g/mol. The first-order valence-corrected chi connectivity index (χ1v) is 21.7. The molecule has 0 aromatic heterocycles. The van der Waals surface area contributed by atoms with Crippen LogP contribution >= 0.6 is 0 Å². The SMILES string of the molecule is CCC(C)(C)CCC(C)(C)N(C)CC(=O)Nc1ccc(-c2ccc(NC(=O)CNC(C)(C)CCC(C)(C)C)c3c2C(=O)c2ccccc2C3=O)c2c1C(=O)c1ccccc1C2=O. The van der Waals surface area contributed by atoms with Gasteiger partial charge in [-0.1, -0.05) is 109 Å². The van der Waals surface area contributed by atoms with Crippen LogP contribution in [0.15, 0.2) is 72.8 Å². The van der Waals surface area contributed by atoms with Gasteiger partial charge in [-0.15, -0.1) is 0 Å². The second-order valence-electron chi connectivity index (χ2n) is 20.3. The molecule has 0 radical (unpaired) electrons. The van der Waals surface area contributed by atoms with Gasteiger partial charge in [0.15, 0.2) is 23.1 Å². The Morgan fingerprint density at radius 1 is 0.516 bits per heavy atom. The van der Waals surface area contributed by atoms with Crippen LogP contribution < -0.4 is 16.0 Å². The molecule has 0 heterocycles. The third-order valence-electron chi connectivity index (χ3n) is 13.0. The summed E-state index contributed by atoms with van der Waals surface area (Å²) < 4.78 is 0. The molecular formula is C52H62N4O6. The van der Waals surface area contributed by atoms with E-state index in [4.69, 9.17) is 0 Å². The maximum atomic E-state index is 14.7. The number of carbonyl (C=O) groups excluding carboxylic acids is 6. The Morgan fingerprint density at radius 3 is 1.35 bits per heavy atom. The number of benzene rings is 4. The predicted molar refractivity (Wildman–Crippen MR) is 247 cm³/mol. The number of hydrogen-bond acceptors (Lipinski definition) is 8. The van der Waals surface area contributed by atoms with E-state index in [1.807, 2.05) is 25.8 Å². The highest BCUT2D eigenvalue weighted by atomic mass is 16.2. The van der Waals surface area contributed by atoms with Crippen molar-refractivity contribution >= 4 is 46.3 Å². The summed E-state index contributed by atoms with van der Waals surface area (Å²) in [6, 6.07) is 19.4. The fourth-order valence-electron chi connectivity index (χ4n) is 8.02. The van der Waals surface area contributed by atoms with Gasteiger partial charge in [-0.3, -0.25) is 33.7 Å². The fraction of sp³-hybridized carbons (Fsp3) is 0.423. The van der Waals surface area contributed by atoms with Crippen LogP contribution in [0.1, 0.15) is 165 Å².